The zero-order valence-electron chi connectivity index (χ0n) is 10.8. The maximum Gasteiger partial charge on any atom is 0.0897 e. The summed E-state index contributed by atoms with van der Waals surface area (Å²) >= 11 is 1.73. The molecule has 0 bridgehead atoms. The minimum Gasteiger partial charge on any atom is -0.313 e. The molecule has 17 heavy (non-hydrogen) atoms. The van der Waals surface area contributed by atoms with Gasteiger partial charge in [-0.15, -0.1) is 11.3 Å². The largest absolute Gasteiger partial charge is 0.313 e. The smallest absolute Gasteiger partial charge is 0.0897 e. The molecule has 0 aliphatic carbocycles. The minimum atomic E-state index is 0.647. The first-order valence-electron chi connectivity index (χ1n) is 6.63. The van der Waals surface area contributed by atoms with E-state index in [0.29, 0.717) is 6.04 Å². The number of hydrogen-bond donors (Lipinski definition) is 2. The predicted molar refractivity (Wildman–Crippen MR) is 73.4 cm³/mol. The van der Waals surface area contributed by atoms with E-state index in [4.69, 9.17) is 0 Å². The quantitative estimate of drug-likeness (QED) is 0.845. The Hall–Kier alpha value is -0.450. The highest BCUT2D eigenvalue weighted by Gasteiger charge is 2.19. The van der Waals surface area contributed by atoms with Crippen LogP contribution in [-0.4, -0.2) is 24.1 Å². The van der Waals surface area contributed by atoms with E-state index in [0.717, 1.165) is 24.0 Å². The standard InChI is InChI=1S/C13H23N3S/c1-3-11-4-5-15-12(6-11)7-14-8-13-9-17-10(2)16-13/h9,11-12,14-15H,3-8H2,1-2H3. The summed E-state index contributed by atoms with van der Waals surface area (Å²) in [7, 11) is 0. The third-order valence-electron chi connectivity index (χ3n) is 3.54. The summed E-state index contributed by atoms with van der Waals surface area (Å²) < 4.78 is 0. The molecule has 2 N–H and O–H groups in total. The molecule has 1 aromatic rings. The van der Waals surface area contributed by atoms with Gasteiger partial charge in [0.15, 0.2) is 0 Å². The molecule has 1 saturated heterocycles. The van der Waals surface area contributed by atoms with Crippen LogP contribution in [0.1, 0.15) is 36.9 Å². The molecule has 0 saturated carbocycles. The summed E-state index contributed by atoms with van der Waals surface area (Å²) in [6.45, 7) is 7.51. The van der Waals surface area contributed by atoms with Crippen molar-refractivity contribution in [2.24, 2.45) is 5.92 Å². The SMILES string of the molecule is CCC1CCNC(CNCc2csc(C)n2)C1. The van der Waals surface area contributed by atoms with Gasteiger partial charge in [0.1, 0.15) is 0 Å². The Morgan fingerprint density at radius 1 is 1.59 bits per heavy atom. The first-order chi connectivity index (χ1) is 8.28. The van der Waals surface area contributed by atoms with Crippen molar-refractivity contribution in [2.45, 2.75) is 45.7 Å². The second-order valence-electron chi connectivity index (χ2n) is 4.94. The molecule has 0 spiro atoms. The van der Waals surface area contributed by atoms with Crippen molar-refractivity contribution >= 4 is 11.3 Å². The van der Waals surface area contributed by atoms with Crippen LogP contribution in [0.4, 0.5) is 0 Å². The Morgan fingerprint density at radius 3 is 3.18 bits per heavy atom. The number of rotatable bonds is 5. The lowest BCUT2D eigenvalue weighted by Gasteiger charge is -2.29. The average Bonchev–Trinajstić information content (AvgIpc) is 2.75. The molecular formula is C13H23N3S. The summed E-state index contributed by atoms with van der Waals surface area (Å²) in [6.07, 6.45) is 3.99. The number of aromatic nitrogens is 1. The van der Waals surface area contributed by atoms with E-state index >= 15 is 0 Å². The number of nitrogens with zero attached hydrogens (tertiary/aromatic N) is 1. The van der Waals surface area contributed by atoms with Crippen LogP contribution in [0.5, 0.6) is 0 Å². The molecule has 4 heteroatoms. The summed E-state index contributed by atoms with van der Waals surface area (Å²) in [6, 6.07) is 0.647. The summed E-state index contributed by atoms with van der Waals surface area (Å²) in [5, 5.41) is 10.4. The molecule has 1 aliphatic rings. The van der Waals surface area contributed by atoms with Gasteiger partial charge in [-0.3, -0.25) is 0 Å². The molecule has 2 atom stereocenters. The Labute approximate surface area is 108 Å². The number of thiazole rings is 1. The van der Waals surface area contributed by atoms with E-state index in [-0.39, 0.29) is 0 Å². The Bertz CT molecular complexity index is 337. The number of hydrogen-bond acceptors (Lipinski definition) is 4. The first-order valence-corrected chi connectivity index (χ1v) is 7.51. The van der Waals surface area contributed by atoms with Crippen LogP contribution < -0.4 is 10.6 Å². The van der Waals surface area contributed by atoms with Gasteiger partial charge in [-0.25, -0.2) is 4.98 Å². The molecule has 1 aromatic heterocycles. The van der Waals surface area contributed by atoms with Gasteiger partial charge in [0.25, 0.3) is 0 Å². The lowest BCUT2D eigenvalue weighted by atomic mass is 9.90. The average molecular weight is 253 g/mol. The van der Waals surface area contributed by atoms with Crippen molar-refractivity contribution in [1.82, 2.24) is 15.6 Å². The van der Waals surface area contributed by atoms with Crippen LogP contribution in [0, 0.1) is 12.8 Å². The summed E-state index contributed by atoms with van der Waals surface area (Å²) in [4.78, 5) is 4.46. The van der Waals surface area contributed by atoms with Crippen molar-refractivity contribution < 1.29 is 0 Å². The normalized spacial score (nSPS) is 25.1. The molecule has 96 valence electrons. The maximum atomic E-state index is 4.46. The van der Waals surface area contributed by atoms with E-state index in [1.54, 1.807) is 11.3 Å². The zero-order valence-corrected chi connectivity index (χ0v) is 11.6. The minimum absolute atomic E-state index is 0.647. The third-order valence-corrected chi connectivity index (χ3v) is 4.37. The molecule has 1 fully saturated rings. The lowest BCUT2D eigenvalue weighted by molar-refractivity contribution is 0.288. The fraction of sp³-hybridized carbons (Fsp3) is 0.769. The predicted octanol–water partition coefficient (Wildman–Crippen LogP) is 2.32. The van der Waals surface area contributed by atoms with E-state index in [1.165, 1.54) is 31.5 Å². The summed E-state index contributed by atoms with van der Waals surface area (Å²) in [5.41, 5.74) is 1.18. The van der Waals surface area contributed by atoms with Crippen molar-refractivity contribution in [3.8, 4) is 0 Å². The molecule has 0 radical (unpaired) electrons. The molecule has 1 aliphatic heterocycles. The van der Waals surface area contributed by atoms with Gasteiger partial charge >= 0.3 is 0 Å². The topological polar surface area (TPSA) is 37.0 Å². The highest BCUT2D eigenvalue weighted by atomic mass is 32.1. The van der Waals surface area contributed by atoms with Gasteiger partial charge in [0.05, 0.1) is 10.7 Å². The van der Waals surface area contributed by atoms with E-state index in [9.17, 15) is 0 Å². The third kappa shape index (κ3) is 4.05. The summed E-state index contributed by atoms with van der Waals surface area (Å²) in [5.74, 6) is 0.921. The van der Waals surface area contributed by atoms with Crippen LogP contribution in [0.25, 0.3) is 0 Å². The van der Waals surface area contributed by atoms with Crippen LogP contribution in [0.3, 0.4) is 0 Å². The fourth-order valence-electron chi connectivity index (χ4n) is 2.49. The number of piperidine rings is 1. The van der Waals surface area contributed by atoms with Gasteiger partial charge in [0, 0.05) is 24.5 Å². The first kappa shape index (κ1) is 13.0. The van der Waals surface area contributed by atoms with Crippen LogP contribution in [-0.2, 0) is 6.54 Å². The Balaban J connectivity index is 1.68. The van der Waals surface area contributed by atoms with Crippen molar-refractivity contribution in [3.63, 3.8) is 0 Å². The molecule has 3 nitrogen and oxygen atoms in total. The molecular weight excluding hydrogens is 230 g/mol. The van der Waals surface area contributed by atoms with Gasteiger partial charge < -0.3 is 10.6 Å². The molecule has 2 unspecified atom stereocenters. The van der Waals surface area contributed by atoms with Gasteiger partial charge in [-0.2, -0.15) is 0 Å². The van der Waals surface area contributed by atoms with Crippen molar-refractivity contribution in [3.05, 3.63) is 16.1 Å². The van der Waals surface area contributed by atoms with Crippen LogP contribution in [0.15, 0.2) is 5.38 Å². The van der Waals surface area contributed by atoms with Crippen molar-refractivity contribution in [2.75, 3.05) is 13.1 Å². The van der Waals surface area contributed by atoms with E-state index in [2.05, 4.69) is 34.8 Å². The molecule has 0 amide bonds. The molecule has 0 aromatic carbocycles. The number of aryl methyl sites for hydroxylation is 1. The van der Waals surface area contributed by atoms with Crippen LogP contribution in [0.2, 0.25) is 0 Å². The Morgan fingerprint density at radius 2 is 2.47 bits per heavy atom. The number of nitrogens with one attached hydrogen (secondary N) is 2. The highest BCUT2D eigenvalue weighted by Crippen LogP contribution is 2.18. The molecule has 2 rings (SSSR count). The highest BCUT2D eigenvalue weighted by molar-refractivity contribution is 7.09. The monoisotopic (exact) mass is 253 g/mol. The van der Waals surface area contributed by atoms with Crippen molar-refractivity contribution in [1.29, 1.82) is 0 Å². The zero-order chi connectivity index (χ0) is 12.1. The second kappa shape index (κ2) is 6.47. The van der Waals surface area contributed by atoms with Gasteiger partial charge in [0.2, 0.25) is 0 Å². The Kier molecular flexibility index (Phi) is 4.95. The van der Waals surface area contributed by atoms with Gasteiger partial charge in [-0.1, -0.05) is 13.3 Å². The van der Waals surface area contributed by atoms with E-state index in [1.807, 2.05) is 0 Å². The fourth-order valence-corrected chi connectivity index (χ4v) is 3.10. The van der Waals surface area contributed by atoms with E-state index < -0.39 is 0 Å². The second-order valence-corrected chi connectivity index (χ2v) is 6.00. The lowest BCUT2D eigenvalue weighted by Crippen LogP contribution is -2.44. The maximum absolute atomic E-state index is 4.46. The van der Waals surface area contributed by atoms with Gasteiger partial charge in [-0.05, 0) is 32.2 Å². The van der Waals surface area contributed by atoms with Crippen LogP contribution >= 0.6 is 11.3 Å². The molecule has 2 heterocycles.